The minimum atomic E-state index is -4.57. The molecule has 13 heteroatoms. The number of benzene rings is 2. The van der Waals surface area contributed by atoms with Gasteiger partial charge in [0.1, 0.15) is 0 Å². The van der Waals surface area contributed by atoms with Crippen LogP contribution in [-0.2, 0) is 26.9 Å². The number of carbonyl (C=O) groups excluding carboxylic acids is 1. The Morgan fingerprint density at radius 2 is 1.95 bits per heavy atom. The summed E-state index contributed by atoms with van der Waals surface area (Å²) in [6.45, 7) is 6.07. The van der Waals surface area contributed by atoms with Gasteiger partial charge in [0, 0.05) is 25.1 Å². The molecule has 1 aromatic heterocycles. The maximum absolute atomic E-state index is 13.8. The number of hydrogen-bond donors (Lipinski definition) is 1. The van der Waals surface area contributed by atoms with Crippen LogP contribution in [0.15, 0.2) is 48.7 Å². The zero-order valence-corrected chi connectivity index (χ0v) is 24.4. The highest BCUT2D eigenvalue weighted by molar-refractivity contribution is 5.66. The lowest BCUT2D eigenvalue weighted by atomic mass is 9.90. The average Bonchev–Trinajstić information content (AvgIpc) is 3.02. The maximum atomic E-state index is 13.8. The van der Waals surface area contributed by atoms with E-state index in [1.165, 1.54) is 11.1 Å². The second-order valence-corrected chi connectivity index (χ2v) is 10.5. The molecule has 44 heavy (non-hydrogen) atoms. The Morgan fingerprint density at radius 1 is 1.16 bits per heavy atom. The van der Waals surface area contributed by atoms with Crippen molar-refractivity contribution in [1.29, 1.82) is 5.26 Å². The van der Waals surface area contributed by atoms with Gasteiger partial charge in [-0.05, 0) is 55.7 Å². The highest BCUT2D eigenvalue weighted by Gasteiger charge is 2.38. The Bertz CT molecular complexity index is 1520. The molecule has 0 bridgehead atoms. The summed E-state index contributed by atoms with van der Waals surface area (Å²) in [6.07, 6.45) is -2.54. The van der Waals surface area contributed by atoms with Crippen LogP contribution in [0, 0.1) is 11.3 Å². The first-order valence-corrected chi connectivity index (χ1v) is 14.5. The van der Waals surface area contributed by atoms with Crippen LogP contribution in [0.4, 0.5) is 35.3 Å². The molecule has 5 rings (SSSR count). The van der Waals surface area contributed by atoms with Crippen molar-refractivity contribution in [2.24, 2.45) is 0 Å². The predicted molar refractivity (Wildman–Crippen MR) is 156 cm³/mol. The van der Waals surface area contributed by atoms with E-state index < -0.39 is 23.9 Å². The third-order valence-corrected chi connectivity index (χ3v) is 7.64. The van der Waals surface area contributed by atoms with E-state index in [9.17, 15) is 23.2 Å². The van der Waals surface area contributed by atoms with E-state index in [0.29, 0.717) is 62.5 Å². The number of nitrogens with zero attached hydrogens (tertiary/aromatic N) is 5. The van der Waals surface area contributed by atoms with Crippen LogP contribution in [0.3, 0.4) is 0 Å². The first-order valence-electron chi connectivity index (χ1n) is 14.5. The van der Waals surface area contributed by atoms with Crippen LogP contribution in [0.1, 0.15) is 60.7 Å². The first kappa shape index (κ1) is 30.9. The molecule has 0 spiro atoms. The summed E-state index contributed by atoms with van der Waals surface area (Å²) >= 11 is 0. The quantitative estimate of drug-likeness (QED) is 0.304. The number of rotatable bonds is 8. The molecular weight excluding hydrogens is 577 g/mol. The van der Waals surface area contributed by atoms with Crippen molar-refractivity contribution in [1.82, 2.24) is 9.97 Å². The van der Waals surface area contributed by atoms with Crippen LogP contribution < -0.4 is 15.3 Å². The van der Waals surface area contributed by atoms with E-state index in [1.807, 2.05) is 19.1 Å². The molecular formula is C31H33F3N6O4. The average molecular weight is 611 g/mol. The normalized spacial score (nSPS) is 18.3. The molecule has 2 aliphatic heterocycles. The van der Waals surface area contributed by atoms with Crippen LogP contribution in [-0.4, -0.2) is 55.1 Å². The number of anilines is 3. The fourth-order valence-electron chi connectivity index (χ4n) is 5.50. The minimum Gasteiger partial charge on any atom is -0.433 e. The van der Waals surface area contributed by atoms with E-state index in [4.69, 9.17) is 19.3 Å². The SMILES string of the molecule is CCOC(=O)ON1c2ccc(C(F)(F)F)cc2[C@@H](Nc2ncc(N3CCOCC3)c(Cc3cccc(C#N)c3)n2)C[C@H]1CC. The molecule has 0 saturated carbocycles. The minimum absolute atomic E-state index is 0.0917. The van der Waals surface area contributed by atoms with Gasteiger partial charge >= 0.3 is 12.3 Å². The van der Waals surface area contributed by atoms with E-state index in [2.05, 4.69) is 21.3 Å². The van der Waals surface area contributed by atoms with Gasteiger partial charge < -0.3 is 24.5 Å². The number of aromatic nitrogens is 2. The molecule has 2 atom stereocenters. The van der Waals surface area contributed by atoms with Gasteiger partial charge in [-0.3, -0.25) is 0 Å². The number of carbonyl (C=O) groups is 1. The summed E-state index contributed by atoms with van der Waals surface area (Å²) in [6, 6.07) is 11.8. The summed E-state index contributed by atoms with van der Waals surface area (Å²) in [5.41, 5.74) is 2.74. The second kappa shape index (κ2) is 13.4. The molecule has 0 aliphatic carbocycles. The standard InChI is InChI=1S/C31H33F3N6O4/c1-3-23-17-25(24-16-22(31(32,33)34)8-9-27(24)40(23)44-30(41)43-4-2)37-29-36-19-28(39-10-12-42-13-11-39)26(38-29)15-20-6-5-7-21(14-20)18-35/h5-9,14,16,19,23,25H,3-4,10-13,15,17H2,1-2H3,(H,36,37,38)/t23-,25+/m1/s1. The van der Waals surface area contributed by atoms with Crippen molar-refractivity contribution in [2.45, 2.75) is 51.4 Å². The lowest BCUT2D eigenvalue weighted by molar-refractivity contribution is -0.137. The molecule has 2 aliphatic rings. The monoisotopic (exact) mass is 610 g/mol. The van der Waals surface area contributed by atoms with E-state index in [1.54, 1.807) is 25.3 Å². The van der Waals surface area contributed by atoms with Crippen molar-refractivity contribution in [3.8, 4) is 6.07 Å². The number of hydroxylamine groups is 1. The smallest absolute Gasteiger partial charge is 0.433 e. The van der Waals surface area contributed by atoms with Gasteiger partial charge in [-0.1, -0.05) is 19.1 Å². The largest absolute Gasteiger partial charge is 0.533 e. The fraction of sp³-hybridized carbons (Fsp3) is 0.419. The van der Waals surface area contributed by atoms with Gasteiger partial charge in [-0.15, -0.1) is 0 Å². The number of halogens is 3. The highest BCUT2D eigenvalue weighted by atomic mass is 19.4. The molecule has 10 nitrogen and oxygen atoms in total. The molecule has 232 valence electrons. The van der Waals surface area contributed by atoms with Gasteiger partial charge in [0.05, 0.1) is 72.4 Å². The summed E-state index contributed by atoms with van der Waals surface area (Å²) in [4.78, 5) is 29.3. The molecule has 3 heterocycles. The van der Waals surface area contributed by atoms with Crippen molar-refractivity contribution < 1.29 is 32.3 Å². The van der Waals surface area contributed by atoms with Crippen molar-refractivity contribution in [3.63, 3.8) is 0 Å². The number of morpholine rings is 1. The van der Waals surface area contributed by atoms with Crippen LogP contribution >= 0.6 is 0 Å². The van der Waals surface area contributed by atoms with Crippen LogP contribution in [0.25, 0.3) is 0 Å². The summed E-state index contributed by atoms with van der Waals surface area (Å²) in [5, 5.41) is 14.0. The summed E-state index contributed by atoms with van der Waals surface area (Å²) in [5.74, 6) is 0.247. The number of hydrogen-bond acceptors (Lipinski definition) is 10. The third kappa shape index (κ3) is 6.97. The topological polar surface area (TPSA) is 113 Å². The molecule has 0 radical (unpaired) electrons. The lowest BCUT2D eigenvalue weighted by Gasteiger charge is -2.40. The number of fused-ring (bicyclic) bond motifs is 1. The van der Waals surface area contributed by atoms with Crippen LogP contribution in [0.5, 0.6) is 0 Å². The van der Waals surface area contributed by atoms with Crippen molar-refractivity contribution >= 4 is 23.5 Å². The van der Waals surface area contributed by atoms with E-state index in [-0.39, 0.29) is 24.2 Å². The van der Waals surface area contributed by atoms with Crippen LogP contribution in [0.2, 0.25) is 0 Å². The van der Waals surface area contributed by atoms with E-state index in [0.717, 1.165) is 23.4 Å². The molecule has 1 saturated heterocycles. The number of alkyl halides is 3. The third-order valence-electron chi connectivity index (χ3n) is 7.64. The van der Waals surface area contributed by atoms with Gasteiger partial charge in [-0.25, -0.2) is 14.8 Å². The van der Waals surface area contributed by atoms with E-state index >= 15 is 0 Å². The van der Waals surface area contributed by atoms with Gasteiger partial charge in [0.25, 0.3) is 0 Å². The van der Waals surface area contributed by atoms with Gasteiger partial charge in [-0.2, -0.15) is 23.5 Å². The Hall–Kier alpha value is -4.57. The number of nitriles is 1. The lowest BCUT2D eigenvalue weighted by Crippen LogP contribution is -2.43. The Labute approximate surface area is 253 Å². The zero-order chi connectivity index (χ0) is 31.3. The van der Waals surface area contributed by atoms with Crippen molar-refractivity contribution in [2.75, 3.05) is 48.2 Å². The number of ether oxygens (including phenoxy) is 2. The van der Waals surface area contributed by atoms with Gasteiger partial charge in [0.15, 0.2) is 0 Å². The second-order valence-electron chi connectivity index (χ2n) is 10.5. The molecule has 1 N–H and O–H groups in total. The predicted octanol–water partition coefficient (Wildman–Crippen LogP) is 6.02. The molecule has 1 fully saturated rings. The summed E-state index contributed by atoms with van der Waals surface area (Å²) < 4.78 is 51.9. The first-order chi connectivity index (χ1) is 21.2. The summed E-state index contributed by atoms with van der Waals surface area (Å²) in [7, 11) is 0. The fourth-order valence-corrected chi connectivity index (χ4v) is 5.50. The Morgan fingerprint density at radius 3 is 2.66 bits per heavy atom. The molecule has 0 amide bonds. The molecule has 2 aromatic carbocycles. The Kier molecular flexibility index (Phi) is 9.39. The molecule has 0 unspecified atom stereocenters. The highest BCUT2D eigenvalue weighted by Crippen LogP contribution is 2.43. The van der Waals surface area contributed by atoms with Crippen molar-refractivity contribution in [3.05, 3.63) is 76.6 Å². The maximum Gasteiger partial charge on any atom is 0.533 e. The molecule has 3 aromatic rings. The van der Waals surface area contributed by atoms with Gasteiger partial charge in [0.2, 0.25) is 5.95 Å². The Balaban J connectivity index is 1.52. The zero-order valence-electron chi connectivity index (χ0n) is 24.4. The number of nitrogens with one attached hydrogen (secondary N) is 1.